The Morgan fingerprint density at radius 2 is 1.52 bits per heavy atom. The van der Waals surface area contributed by atoms with Crippen LogP contribution in [0.3, 0.4) is 0 Å². The van der Waals surface area contributed by atoms with Gasteiger partial charge in [-0.25, -0.2) is 4.98 Å². The van der Waals surface area contributed by atoms with E-state index in [4.69, 9.17) is 0 Å². The molecule has 0 atom stereocenters. The number of carbonyl (C=O) groups excluding carboxylic acids is 1. The molecule has 0 aliphatic rings. The molecule has 156 valence electrons. The number of thioether (sulfide) groups is 1. The minimum Gasteiger partial charge on any atom is -0.355 e. The minimum atomic E-state index is -0.0959. The first-order valence-electron chi connectivity index (χ1n) is 10.2. The van der Waals surface area contributed by atoms with Crippen LogP contribution in [0, 0.1) is 0 Å². The van der Waals surface area contributed by atoms with E-state index >= 15 is 0 Å². The van der Waals surface area contributed by atoms with Crippen LogP contribution in [0.15, 0.2) is 94.9 Å². The van der Waals surface area contributed by atoms with Crippen molar-refractivity contribution in [2.75, 3.05) is 12.3 Å². The standard InChI is InChI=1S/C25H23N3O2S/c29-23(26-16-15-19-9-3-1-4-10-19)18-31-25-27-22-14-8-7-13-21(22)24(30)28(25)17-20-11-5-2-6-12-20/h1-14H,15-18H2,(H,26,29). The van der Waals surface area contributed by atoms with E-state index in [1.807, 2.05) is 78.9 Å². The van der Waals surface area contributed by atoms with Gasteiger partial charge in [-0.1, -0.05) is 84.6 Å². The second-order valence-corrected chi connectivity index (χ2v) is 8.11. The Hall–Kier alpha value is -3.38. The zero-order chi connectivity index (χ0) is 21.5. The first-order valence-corrected chi connectivity index (χ1v) is 11.2. The van der Waals surface area contributed by atoms with Crippen molar-refractivity contribution >= 4 is 28.6 Å². The Labute approximate surface area is 185 Å². The summed E-state index contributed by atoms with van der Waals surface area (Å²) in [5, 5.41) is 4.07. The van der Waals surface area contributed by atoms with Crippen LogP contribution in [-0.4, -0.2) is 27.8 Å². The van der Waals surface area contributed by atoms with Crippen molar-refractivity contribution in [3.63, 3.8) is 0 Å². The van der Waals surface area contributed by atoms with Gasteiger partial charge in [-0.2, -0.15) is 0 Å². The van der Waals surface area contributed by atoms with E-state index in [1.165, 1.54) is 17.3 Å². The first kappa shape index (κ1) is 20.9. The topological polar surface area (TPSA) is 64.0 Å². The maximum Gasteiger partial charge on any atom is 0.262 e. The summed E-state index contributed by atoms with van der Waals surface area (Å²) in [6.45, 7) is 0.987. The number of amides is 1. The molecule has 0 bridgehead atoms. The fourth-order valence-corrected chi connectivity index (χ4v) is 4.16. The predicted molar refractivity (Wildman–Crippen MR) is 125 cm³/mol. The number of hydrogen-bond donors (Lipinski definition) is 1. The predicted octanol–water partition coefficient (Wildman–Crippen LogP) is 3.90. The highest BCUT2D eigenvalue weighted by Gasteiger charge is 2.13. The maximum absolute atomic E-state index is 13.1. The molecule has 6 heteroatoms. The molecule has 31 heavy (non-hydrogen) atoms. The quantitative estimate of drug-likeness (QED) is 0.341. The van der Waals surface area contributed by atoms with Crippen molar-refractivity contribution in [2.24, 2.45) is 0 Å². The molecule has 1 N–H and O–H groups in total. The zero-order valence-electron chi connectivity index (χ0n) is 17.0. The molecule has 1 aromatic heterocycles. The van der Waals surface area contributed by atoms with E-state index in [0.29, 0.717) is 29.1 Å². The lowest BCUT2D eigenvalue weighted by Gasteiger charge is -2.13. The highest BCUT2D eigenvalue weighted by atomic mass is 32.2. The fourth-order valence-electron chi connectivity index (χ4n) is 3.34. The van der Waals surface area contributed by atoms with E-state index in [-0.39, 0.29) is 17.2 Å². The van der Waals surface area contributed by atoms with Gasteiger partial charge in [0, 0.05) is 6.54 Å². The number of hydrogen-bond acceptors (Lipinski definition) is 4. The van der Waals surface area contributed by atoms with Crippen LogP contribution in [0.4, 0.5) is 0 Å². The van der Waals surface area contributed by atoms with Crippen molar-refractivity contribution in [3.8, 4) is 0 Å². The van der Waals surface area contributed by atoms with Gasteiger partial charge in [0.15, 0.2) is 5.16 Å². The number of nitrogens with zero attached hydrogens (tertiary/aromatic N) is 2. The van der Waals surface area contributed by atoms with Gasteiger partial charge in [0.25, 0.3) is 5.56 Å². The third kappa shape index (κ3) is 5.41. The summed E-state index contributed by atoms with van der Waals surface area (Å²) < 4.78 is 1.65. The number of rotatable bonds is 8. The molecular formula is C25H23N3O2S. The average molecular weight is 430 g/mol. The van der Waals surface area contributed by atoms with Crippen molar-refractivity contribution < 1.29 is 4.79 Å². The molecular weight excluding hydrogens is 406 g/mol. The molecule has 0 saturated heterocycles. The van der Waals surface area contributed by atoms with E-state index in [2.05, 4.69) is 10.3 Å². The summed E-state index contributed by atoms with van der Waals surface area (Å²) in [6.07, 6.45) is 0.782. The Bertz CT molecular complexity index is 1220. The summed E-state index contributed by atoms with van der Waals surface area (Å²) in [6, 6.07) is 27.2. The largest absolute Gasteiger partial charge is 0.355 e. The van der Waals surface area contributed by atoms with Gasteiger partial charge in [0.1, 0.15) is 0 Å². The van der Waals surface area contributed by atoms with E-state index in [1.54, 1.807) is 10.6 Å². The van der Waals surface area contributed by atoms with Crippen molar-refractivity contribution in [2.45, 2.75) is 18.1 Å². The summed E-state index contributed by atoms with van der Waals surface area (Å²) in [5.74, 6) is 0.128. The van der Waals surface area contributed by atoms with Gasteiger partial charge in [-0.15, -0.1) is 0 Å². The number of fused-ring (bicyclic) bond motifs is 1. The number of nitrogens with one attached hydrogen (secondary N) is 1. The van der Waals surface area contributed by atoms with E-state index < -0.39 is 0 Å². The van der Waals surface area contributed by atoms with Crippen LogP contribution in [0.5, 0.6) is 0 Å². The highest BCUT2D eigenvalue weighted by molar-refractivity contribution is 7.99. The Morgan fingerprint density at radius 1 is 0.871 bits per heavy atom. The molecule has 1 amide bonds. The van der Waals surface area contributed by atoms with Gasteiger partial charge in [-0.3, -0.25) is 14.2 Å². The molecule has 4 rings (SSSR count). The molecule has 0 fully saturated rings. The zero-order valence-corrected chi connectivity index (χ0v) is 17.8. The van der Waals surface area contributed by atoms with E-state index in [9.17, 15) is 9.59 Å². The van der Waals surface area contributed by atoms with Gasteiger partial charge in [-0.05, 0) is 29.7 Å². The van der Waals surface area contributed by atoms with Gasteiger partial charge in [0.2, 0.25) is 5.91 Å². The second-order valence-electron chi connectivity index (χ2n) is 7.16. The third-order valence-electron chi connectivity index (χ3n) is 4.92. The van der Waals surface area contributed by atoms with Gasteiger partial charge in [0.05, 0.1) is 23.2 Å². The van der Waals surface area contributed by atoms with Crippen LogP contribution >= 0.6 is 11.8 Å². The Kier molecular flexibility index (Phi) is 6.79. The summed E-state index contributed by atoms with van der Waals surface area (Å²) in [4.78, 5) is 30.2. The molecule has 3 aromatic carbocycles. The van der Waals surface area contributed by atoms with Crippen LogP contribution in [0.25, 0.3) is 10.9 Å². The fraction of sp³-hybridized carbons (Fsp3) is 0.160. The second kappa shape index (κ2) is 10.1. The van der Waals surface area contributed by atoms with Crippen molar-refractivity contribution in [1.29, 1.82) is 0 Å². The average Bonchev–Trinajstić information content (AvgIpc) is 2.81. The molecule has 1 heterocycles. The molecule has 0 saturated carbocycles. The Morgan fingerprint density at radius 3 is 2.26 bits per heavy atom. The lowest BCUT2D eigenvalue weighted by atomic mass is 10.1. The lowest BCUT2D eigenvalue weighted by Crippen LogP contribution is -2.28. The molecule has 5 nitrogen and oxygen atoms in total. The minimum absolute atomic E-state index is 0.0744. The molecule has 0 aliphatic heterocycles. The van der Waals surface area contributed by atoms with E-state index in [0.717, 1.165) is 12.0 Å². The van der Waals surface area contributed by atoms with Crippen LogP contribution in [0.1, 0.15) is 11.1 Å². The maximum atomic E-state index is 13.1. The number of benzene rings is 3. The van der Waals surface area contributed by atoms with Crippen molar-refractivity contribution in [1.82, 2.24) is 14.9 Å². The van der Waals surface area contributed by atoms with Crippen LogP contribution < -0.4 is 10.9 Å². The summed E-state index contributed by atoms with van der Waals surface area (Å²) in [5.41, 5.74) is 2.74. The summed E-state index contributed by atoms with van der Waals surface area (Å²) in [7, 11) is 0. The number of carbonyl (C=O) groups is 1. The van der Waals surface area contributed by atoms with Gasteiger partial charge >= 0.3 is 0 Å². The number of aromatic nitrogens is 2. The monoisotopic (exact) mass is 429 g/mol. The van der Waals surface area contributed by atoms with Crippen LogP contribution in [-0.2, 0) is 17.8 Å². The SMILES string of the molecule is O=C(CSc1nc2ccccc2c(=O)n1Cc1ccccc1)NCCc1ccccc1. The third-order valence-corrected chi connectivity index (χ3v) is 5.90. The smallest absolute Gasteiger partial charge is 0.262 e. The lowest BCUT2D eigenvalue weighted by molar-refractivity contribution is -0.118. The molecule has 0 aliphatic carbocycles. The number of para-hydroxylation sites is 1. The summed E-state index contributed by atoms with van der Waals surface area (Å²) >= 11 is 1.29. The Balaban J connectivity index is 1.48. The normalized spacial score (nSPS) is 10.8. The molecule has 0 spiro atoms. The molecule has 4 aromatic rings. The van der Waals surface area contributed by atoms with Crippen molar-refractivity contribution in [3.05, 3.63) is 106 Å². The molecule has 0 radical (unpaired) electrons. The van der Waals surface area contributed by atoms with Gasteiger partial charge < -0.3 is 5.32 Å². The highest BCUT2D eigenvalue weighted by Crippen LogP contribution is 2.19. The van der Waals surface area contributed by atoms with Crippen LogP contribution in [0.2, 0.25) is 0 Å². The molecule has 0 unspecified atom stereocenters. The first-order chi connectivity index (χ1) is 15.2.